The highest BCUT2D eigenvalue weighted by Gasteiger charge is 2.04. The van der Waals surface area contributed by atoms with E-state index in [9.17, 15) is 0 Å². The van der Waals surface area contributed by atoms with Gasteiger partial charge in [-0.2, -0.15) is 0 Å². The van der Waals surface area contributed by atoms with Crippen LogP contribution in [0.2, 0.25) is 5.15 Å². The SMILES string of the molecule is Clc1ccc2ccc3ccc(I)nc3c2n1. The molecular formula is C12H6ClIN2. The number of nitrogens with zero attached hydrogens (tertiary/aromatic N) is 2. The highest BCUT2D eigenvalue weighted by Crippen LogP contribution is 2.24. The van der Waals surface area contributed by atoms with E-state index in [0.717, 1.165) is 25.5 Å². The molecule has 0 radical (unpaired) electrons. The summed E-state index contributed by atoms with van der Waals surface area (Å²) in [6.07, 6.45) is 0. The standard InChI is InChI=1S/C12H6ClIN2/c13-9-5-3-7-1-2-8-4-6-10(14)16-12(8)11(7)15-9/h1-6H. The molecule has 2 aromatic heterocycles. The largest absolute Gasteiger partial charge is 0.240 e. The molecule has 0 unspecified atom stereocenters. The Morgan fingerprint density at radius 2 is 1.38 bits per heavy atom. The second-order valence-corrected chi connectivity index (χ2v) is 4.97. The van der Waals surface area contributed by atoms with E-state index in [1.165, 1.54) is 0 Å². The Balaban J connectivity index is 2.55. The third-order valence-corrected chi connectivity index (χ3v) is 3.26. The van der Waals surface area contributed by atoms with Gasteiger partial charge in [-0.3, -0.25) is 0 Å². The van der Waals surface area contributed by atoms with Crippen LogP contribution in [0.1, 0.15) is 0 Å². The molecular weight excluding hydrogens is 335 g/mol. The van der Waals surface area contributed by atoms with E-state index < -0.39 is 0 Å². The molecule has 2 nitrogen and oxygen atoms in total. The van der Waals surface area contributed by atoms with Gasteiger partial charge < -0.3 is 0 Å². The molecule has 0 saturated carbocycles. The first-order chi connectivity index (χ1) is 7.74. The summed E-state index contributed by atoms with van der Waals surface area (Å²) in [6.45, 7) is 0. The van der Waals surface area contributed by atoms with Crippen molar-refractivity contribution in [1.29, 1.82) is 0 Å². The molecule has 2 heterocycles. The van der Waals surface area contributed by atoms with Crippen LogP contribution in [0.25, 0.3) is 21.8 Å². The second-order valence-electron chi connectivity index (χ2n) is 3.48. The van der Waals surface area contributed by atoms with Crippen molar-refractivity contribution in [3.05, 3.63) is 45.3 Å². The third-order valence-electron chi connectivity index (χ3n) is 2.45. The van der Waals surface area contributed by atoms with Crippen LogP contribution in [0.3, 0.4) is 0 Å². The first-order valence-electron chi connectivity index (χ1n) is 4.75. The Morgan fingerprint density at radius 1 is 0.812 bits per heavy atom. The monoisotopic (exact) mass is 340 g/mol. The number of aromatic nitrogens is 2. The van der Waals surface area contributed by atoms with E-state index in [1.54, 1.807) is 6.07 Å². The minimum absolute atomic E-state index is 0.501. The van der Waals surface area contributed by atoms with Crippen LogP contribution in [-0.4, -0.2) is 9.97 Å². The maximum absolute atomic E-state index is 5.92. The zero-order chi connectivity index (χ0) is 11.1. The number of hydrogen-bond acceptors (Lipinski definition) is 2. The predicted octanol–water partition coefficient (Wildman–Crippen LogP) is 4.04. The first-order valence-corrected chi connectivity index (χ1v) is 6.21. The molecule has 16 heavy (non-hydrogen) atoms. The average molecular weight is 341 g/mol. The van der Waals surface area contributed by atoms with Crippen molar-refractivity contribution in [2.75, 3.05) is 0 Å². The topological polar surface area (TPSA) is 25.8 Å². The summed E-state index contributed by atoms with van der Waals surface area (Å²) >= 11 is 8.12. The van der Waals surface area contributed by atoms with Crippen molar-refractivity contribution in [3.8, 4) is 0 Å². The molecule has 78 valence electrons. The highest BCUT2D eigenvalue weighted by atomic mass is 127. The lowest BCUT2D eigenvalue weighted by Gasteiger charge is -2.03. The highest BCUT2D eigenvalue weighted by molar-refractivity contribution is 14.1. The van der Waals surface area contributed by atoms with E-state index in [2.05, 4.69) is 38.6 Å². The maximum Gasteiger partial charge on any atom is 0.129 e. The normalized spacial score (nSPS) is 11.1. The first kappa shape index (κ1) is 10.2. The van der Waals surface area contributed by atoms with Gasteiger partial charge in [-0.15, -0.1) is 0 Å². The second kappa shape index (κ2) is 3.82. The van der Waals surface area contributed by atoms with Crippen LogP contribution >= 0.6 is 34.2 Å². The van der Waals surface area contributed by atoms with Gasteiger partial charge in [0.25, 0.3) is 0 Å². The molecule has 0 N–H and O–H groups in total. The van der Waals surface area contributed by atoms with Gasteiger partial charge in [0.15, 0.2) is 0 Å². The zero-order valence-electron chi connectivity index (χ0n) is 8.11. The Morgan fingerprint density at radius 3 is 2.12 bits per heavy atom. The molecule has 3 aromatic rings. The minimum Gasteiger partial charge on any atom is -0.240 e. The van der Waals surface area contributed by atoms with Gasteiger partial charge in [0.05, 0.1) is 11.0 Å². The molecule has 0 bridgehead atoms. The number of benzene rings is 1. The van der Waals surface area contributed by atoms with Crippen molar-refractivity contribution >= 4 is 56.0 Å². The van der Waals surface area contributed by atoms with E-state index in [1.807, 2.05) is 24.3 Å². The summed E-state index contributed by atoms with van der Waals surface area (Å²) < 4.78 is 0.958. The van der Waals surface area contributed by atoms with Crippen LogP contribution in [0.4, 0.5) is 0 Å². The van der Waals surface area contributed by atoms with Crippen LogP contribution < -0.4 is 0 Å². The van der Waals surface area contributed by atoms with E-state index in [4.69, 9.17) is 11.6 Å². The van der Waals surface area contributed by atoms with Crippen molar-refractivity contribution < 1.29 is 0 Å². The fraction of sp³-hybridized carbons (Fsp3) is 0. The van der Waals surface area contributed by atoms with E-state index >= 15 is 0 Å². The van der Waals surface area contributed by atoms with Crippen molar-refractivity contribution in [2.24, 2.45) is 0 Å². The quantitative estimate of drug-likeness (QED) is 0.351. The fourth-order valence-corrected chi connectivity index (χ4v) is 2.29. The van der Waals surface area contributed by atoms with Crippen LogP contribution in [-0.2, 0) is 0 Å². The molecule has 4 heteroatoms. The van der Waals surface area contributed by atoms with Crippen LogP contribution in [0.15, 0.2) is 36.4 Å². The number of rotatable bonds is 0. The lowest BCUT2D eigenvalue weighted by Crippen LogP contribution is -1.87. The van der Waals surface area contributed by atoms with Crippen molar-refractivity contribution in [3.63, 3.8) is 0 Å². The Kier molecular flexibility index (Phi) is 2.44. The number of pyridine rings is 2. The van der Waals surface area contributed by atoms with Gasteiger partial charge >= 0.3 is 0 Å². The van der Waals surface area contributed by atoms with Gasteiger partial charge in [-0.25, -0.2) is 9.97 Å². The molecule has 0 aliphatic rings. The van der Waals surface area contributed by atoms with Gasteiger partial charge in [0.1, 0.15) is 8.85 Å². The molecule has 3 rings (SSSR count). The number of hydrogen-bond donors (Lipinski definition) is 0. The molecule has 0 saturated heterocycles. The average Bonchev–Trinajstić information content (AvgIpc) is 2.29. The van der Waals surface area contributed by atoms with E-state index in [-0.39, 0.29) is 0 Å². The summed E-state index contributed by atoms with van der Waals surface area (Å²) in [6, 6.07) is 11.9. The molecule has 0 fully saturated rings. The van der Waals surface area contributed by atoms with Crippen molar-refractivity contribution in [1.82, 2.24) is 9.97 Å². The van der Waals surface area contributed by atoms with Crippen LogP contribution in [0.5, 0.6) is 0 Å². The summed E-state index contributed by atoms with van der Waals surface area (Å²) in [5.41, 5.74) is 1.77. The van der Waals surface area contributed by atoms with Crippen LogP contribution in [0, 0.1) is 3.70 Å². The number of halogens is 2. The maximum atomic E-state index is 5.92. The lowest BCUT2D eigenvalue weighted by molar-refractivity contribution is 1.33. The Hall–Kier alpha value is -0.940. The molecule has 0 spiro atoms. The molecule has 1 aromatic carbocycles. The Bertz CT molecular complexity index is 636. The number of fused-ring (bicyclic) bond motifs is 3. The summed E-state index contributed by atoms with van der Waals surface area (Å²) in [4.78, 5) is 8.85. The van der Waals surface area contributed by atoms with Gasteiger partial charge in [0.2, 0.25) is 0 Å². The lowest BCUT2D eigenvalue weighted by atomic mass is 10.1. The smallest absolute Gasteiger partial charge is 0.129 e. The third kappa shape index (κ3) is 1.64. The van der Waals surface area contributed by atoms with Gasteiger partial charge in [0, 0.05) is 10.8 Å². The Labute approximate surface area is 111 Å². The summed E-state index contributed by atoms with van der Waals surface area (Å²) in [7, 11) is 0. The van der Waals surface area contributed by atoms with Crippen molar-refractivity contribution in [2.45, 2.75) is 0 Å². The zero-order valence-corrected chi connectivity index (χ0v) is 11.0. The molecule has 0 amide bonds. The molecule has 0 aliphatic carbocycles. The van der Waals surface area contributed by atoms with Gasteiger partial charge in [-0.1, -0.05) is 29.8 Å². The predicted molar refractivity (Wildman–Crippen MR) is 74.8 cm³/mol. The summed E-state index contributed by atoms with van der Waals surface area (Å²) in [5, 5.41) is 2.65. The molecule has 0 aliphatic heterocycles. The van der Waals surface area contributed by atoms with E-state index in [0.29, 0.717) is 5.15 Å². The summed E-state index contributed by atoms with van der Waals surface area (Å²) in [5.74, 6) is 0. The molecule has 0 atom stereocenters. The minimum atomic E-state index is 0.501. The fourth-order valence-electron chi connectivity index (χ4n) is 1.72. The van der Waals surface area contributed by atoms with Gasteiger partial charge in [-0.05, 0) is 40.8 Å².